The van der Waals surface area contributed by atoms with Crippen molar-refractivity contribution in [3.8, 4) is 11.1 Å². The van der Waals surface area contributed by atoms with Crippen LogP contribution in [0.25, 0.3) is 16.8 Å². The Kier molecular flexibility index (Phi) is 7.06. The van der Waals surface area contributed by atoms with Crippen LogP contribution in [-0.4, -0.2) is 59.8 Å². The fraction of sp³-hybridized carbons (Fsp3) is 0.296. The number of carbonyl (C=O) groups excluding carboxylic acids is 1. The van der Waals surface area contributed by atoms with Crippen LogP contribution in [0.5, 0.6) is 0 Å². The van der Waals surface area contributed by atoms with E-state index in [4.69, 9.17) is 16.6 Å². The van der Waals surface area contributed by atoms with Gasteiger partial charge in [0.1, 0.15) is 11.5 Å². The molecule has 0 unspecified atom stereocenters. The van der Waals surface area contributed by atoms with Gasteiger partial charge in [0.05, 0.1) is 17.6 Å². The number of para-hydroxylation sites is 2. The van der Waals surface area contributed by atoms with Gasteiger partial charge in [0.15, 0.2) is 5.65 Å². The summed E-state index contributed by atoms with van der Waals surface area (Å²) in [6, 6.07) is 17.3. The highest BCUT2D eigenvalue weighted by molar-refractivity contribution is 6.30. The number of benzene rings is 2. The van der Waals surface area contributed by atoms with Gasteiger partial charge in [-0.05, 0) is 43.7 Å². The molecule has 1 aliphatic rings. The first-order valence-electron chi connectivity index (χ1n) is 12.3. The second-order valence-electron chi connectivity index (χ2n) is 8.68. The van der Waals surface area contributed by atoms with E-state index in [9.17, 15) is 4.79 Å². The molecule has 4 aromatic rings. The minimum Gasteiger partial charge on any atom is -0.367 e. The first kappa shape index (κ1) is 24.1. The molecule has 0 aliphatic carbocycles. The number of carbonyl (C=O) groups is 1. The van der Waals surface area contributed by atoms with Gasteiger partial charge in [-0.3, -0.25) is 4.79 Å². The maximum Gasteiger partial charge on any atom is 0.274 e. The fourth-order valence-electron chi connectivity index (χ4n) is 4.64. The molecule has 9 heteroatoms. The molecule has 2 aromatic heterocycles. The third kappa shape index (κ3) is 4.74. The molecule has 1 amide bonds. The van der Waals surface area contributed by atoms with Gasteiger partial charge in [0.2, 0.25) is 0 Å². The van der Waals surface area contributed by atoms with E-state index in [1.54, 1.807) is 10.7 Å². The van der Waals surface area contributed by atoms with Crippen molar-refractivity contribution in [1.82, 2.24) is 19.9 Å². The molecule has 0 spiro atoms. The molecular formula is C27H30ClN7O. The Hall–Kier alpha value is -3.62. The molecule has 1 saturated heterocycles. The number of nitrogens with zero attached hydrogens (tertiary/aromatic N) is 5. The number of hydrogen-bond donors (Lipinski definition) is 2. The number of halogens is 1. The maximum atomic E-state index is 13.6. The highest BCUT2D eigenvalue weighted by Gasteiger charge is 2.21. The van der Waals surface area contributed by atoms with Crippen LogP contribution in [0.1, 0.15) is 24.3 Å². The van der Waals surface area contributed by atoms with Crippen molar-refractivity contribution < 1.29 is 4.79 Å². The van der Waals surface area contributed by atoms with E-state index < -0.39 is 0 Å². The van der Waals surface area contributed by atoms with Crippen molar-refractivity contribution in [2.24, 2.45) is 0 Å². The van der Waals surface area contributed by atoms with Gasteiger partial charge in [-0.2, -0.15) is 9.61 Å². The Bertz CT molecular complexity index is 1380. The zero-order valence-corrected chi connectivity index (χ0v) is 21.3. The Balaban J connectivity index is 1.57. The third-order valence-corrected chi connectivity index (χ3v) is 6.75. The van der Waals surface area contributed by atoms with Crippen LogP contribution in [-0.2, 0) is 0 Å². The average molecular weight is 504 g/mol. The van der Waals surface area contributed by atoms with Crippen molar-refractivity contribution in [3.05, 3.63) is 71.5 Å². The van der Waals surface area contributed by atoms with Crippen molar-refractivity contribution in [1.29, 1.82) is 0 Å². The number of fused-ring (bicyclic) bond motifs is 1. The van der Waals surface area contributed by atoms with Gasteiger partial charge >= 0.3 is 0 Å². The Morgan fingerprint density at radius 1 is 1.08 bits per heavy atom. The molecule has 0 saturated carbocycles. The summed E-state index contributed by atoms with van der Waals surface area (Å²) < 4.78 is 1.80. The summed E-state index contributed by atoms with van der Waals surface area (Å²) in [4.78, 5) is 22.8. The third-order valence-electron chi connectivity index (χ3n) is 6.52. The predicted molar refractivity (Wildman–Crippen MR) is 146 cm³/mol. The summed E-state index contributed by atoms with van der Waals surface area (Å²) in [5.41, 5.74) is 4.46. The lowest BCUT2D eigenvalue weighted by molar-refractivity contribution is 0.102. The molecule has 0 atom stereocenters. The lowest BCUT2D eigenvalue weighted by Crippen LogP contribution is -2.43. The quantitative estimate of drug-likeness (QED) is 0.385. The van der Waals surface area contributed by atoms with Gasteiger partial charge in [-0.15, -0.1) is 0 Å². The van der Waals surface area contributed by atoms with E-state index in [1.165, 1.54) is 0 Å². The lowest BCUT2D eigenvalue weighted by Gasteiger charge is -2.31. The first-order valence-corrected chi connectivity index (χ1v) is 12.7. The highest BCUT2D eigenvalue weighted by Crippen LogP contribution is 2.30. The van der Waals surface area contributed by atoms with Crippen LogP contribution < -0.4 is 20.4 Å². The van der Waals surface area contributed by atoms with Crippen LogP contribution in [0, 0.1) is 0 Å². The van der Waals surface area contributed by atoms with Gasteiger partial charge in [-0.1, -0.05) is 35.9 Å². The molecule has 2 aromatic carbocycles. The fourth-order valence-corrected chi connectivity index (χ4v) is 4.83. The van der Waals surface area contributed by atoms with Crippen LogP contribution in [0.2, 0.25) is 5.02 Å². The molecule has 3 heterocycles. The molecule has 1 fully saturated rings. The Morgan fingerprint density at radius 2 is 1.86 bits per heavy atom. The molecule has 1 aliphatic heterocycles. The standard InChI is InChI=1S/C27H30ClN7O/c1-3-33(4-2)25-17-23(31-26-21(18-30-35(25)26)19-8-7-9-20(28)16-19)27(36)32-22-10-5-6-11-24(22)34-14-12-29-13-15-34/h5-11,16-18,29H,3-4,12-15H2,1-2H3,(H,32,36). The summed E-state index contributed by atoms with van der Waals surface area (Å²) in [6.07, 6.45) is 1.78. The molecular weight excluding hydrogens is 474 g/mol. The number of rotatable bonds is 7. The number of amides is 1. The van der Waals surface area contributed by atoms with Gasteiger partial charge in [0.25, 0.3) is 5.91 Å². The average Bonchev–Trinajstić information content (AvgIpc) is 3.34. The van der Waals surface area contributed by atoms with E-state index in [-0.39, 0.29) is 5.91 Å². The minimum absolute atomic E-state index is 0.258. The van der Waals surface area contributed by atoms with E-state index >= 15 is 0 Å². The van der Waals surface area contributed by atoms with E-state index in [0.29, 0.717) is 16.4 Å². The molecule has 0 radical (unpaired) electrons. The number of anilines is 3. The molecule has 36 heavy (non-hydrogen) atoms. The predicted octanol–water partition coefficient (Wildman–Crippen LogP) is 4.56. The van der Waals surface area contributed by atoms with E-state index in [2.05, 4.69) is 39.4 Å². The lowest BCUT2D eigenvalue weighted by atomic mass is 10.1. The summed E-state index contributed by atoms with van der Waals surface area (Å²) >= 11 is 6.26. The van der Waals surface area contributed by atoms with Crippen LogP contribution in [0.3, 0.4) is 0 Å². The minimum atomic E-state index is -0.258. The number of piperazine rings is 1. The Morgan fingerprint density at radius 3 is 2.61 bits per heavy atom. The molecule has 2 N–H and O–H groups in total. The zero-order valence-electron chi connectivity index (χ0n) is 20.5. The van der Waals surface area contributed by atoms with Crippen molar-refractivity contribution >= 4 is 40.3 Å². The van der Waals surface area contributed by atoms with Crippen molar-refractivity contribution in [2.45, 2.75) is 13.8 Å². The summed E-state index contributed by atoms with van der Waals surface area (Å²) in [5, 5.41) is 11.8. The largest absolute Gasteiger partial charge is 0.367 e. The van der Waals surface area contributed by atoms with Crippen LogP contribution in [0.4, 0.5) is 17.2 Å². The highest BCUT2D eigenvalue weighted by atomic mass is 35.5. The maximum absolute atomic E-state index is 13.6. The number of hydrogen-bond acceptors (Lipinski definition) is 6. The second-order valence-corrected chi connectivity index (χ2v) is 9.12. The second kappa shape index (κ2) is 10.6. The SMILES string of the molecule is CCN(CC)c1cc(C(=O)Nc2ccccc2N2CCNCC2)nc2c(-c3cccc(Cl)c3)cnn12. The summed E-state index contributed by atoms with van der Waals surface area (Å²) in [5.74, 6) is 0.561. The monoisotopic (exact) mass is 503 g/mol. The first-order chi connectivity index (χ1) is 17.6. The van der Waals surface area contributed by atoms with E-state index in [0.717, 1.165) is 67.6 Å². The molecule has 186 valence electrons. The molecule has 5 rings (SSSR count). The topological polar surface area (TPSA) is 77.8 Å². The van der Waals surface area contributed by atoms with Crippen molar-refractivity contribution in [3.63, 3.8) is 0 Å². The van der Waals surface area contributed by atoms with Crippen LogP contribution in [0.15, 0.2) is 60.8 Å². The normalized spacial score (nSPS) is 13.7. The smallest absolute Gasteiger partial charge is 0.274 e. The van der Waals surface area contributed by atoms with E-state index in [1.807, 2.05) is 54.6 Å². The number of nitrogens with one attached hydrogen (secondary N) is 2. The van der Waals surface area contributed by atoms with Crippen LogP contribution >= 0.6 is 11.6 Å². The van der Waals surface area contributed by atoms with Crippen molar-refractivity contribution in [2.75, 3.05) is 54.4 Å². The van der Waals surface area contributed by atoms with Gasteiger partial charge < -0.3 is 20.4 Å². The summed E-state index contributed by atoms with van der Waals surface area (Å²) in [7, 11) is 0. The number of aromatic nitrogens is 3. The molecule has 8 nitrogen and oxygen atoms in total. The Labute approximate surface area is 215 Å². The van der Waals surface area contributed by atoms with Gasteiger partial charge in [0, 0.05) is 55.9 Å². The van der Waals surface area contributed by atoms with Gasteiger partial charge in [-0.25, -0.2) is 4.98 Å². The molecule has 0 bridgehead atoms. The summed E-state index contributed by atoms with van der Waals surface area (Å²) in [6.45, 7) is 9.33. The zero-order chi connectivity index (χ0) is 25.1.